The maximum atomic E-state index is 9.81. The summed E-state index contributed by atoms with van der Waals surface area (Å²) in [4.78, 5) is 16.0. The second-order valence-corrected chi connectivity index (χ2v) is 3.10. The normalized spacial score (nSPS) is 15.2. The lowest BCUT2D eigenvalue weighted by atomic mass is 10.8. The molecule has 6 nitrogen and oxygen atoms in total. The van der Waals surface area contributed by atoms with Gasteiger partial charge in [-0.2, -0.15) is 0 Å². The molecule has 0 aromatic carbocycles. The van der Waals surface area contributed by atoms with Crippen molar-refractivity contribution in [2.75, 3.05) is 26.2 Å². The van der Waals surface area contributed by atoms with Crippen LogP contribution in [0.1, 0.15) is 0 Å². The molecule has 1 fully saturated rings. The van der Waals surface area contributed by atoms with Crippen LogP contribution in [0.25, 0.3) is 0 Å². The van der Waals surface area contributed by atoms with Crippen LogP contribution in [0.15, 0.2) is 0 Å². The van der Waals surface area contributed by atoms with E-state index in [1.54, 1.807) is 0 Å². The second kappa shape index (κ2) is 5.65. The van der Waals surface area contributed by atoms with Crippen molar-refractivity contribution in [3.63, 3.8) is 0 Å². The Morgan fingerprint density at radius 2 is 2.00 bits per heavy atom. The predicted molar refractivity (Wildman–Crippen MR) is 39.9 cm³/mol. The van der Waals surface area contributed by atoms with Crippen molar-refractivity contribution < 1.29 is 18.9 Å². The zero-order valence-corrected chi connectivity index (χ0v) is 6.96. The predicted octanol–water partition coefficient (Wildman–Crippen LogP) is -1.36. The standard InChI is InChI=1S/C2H8NO4P.C2H5N/c3-1-2-7-8(4,5)6;1-2-3-1/h1-3H2,(H2,4,5,6);3H,1-2H2. The molecule has 0 amide bonds. The van der Waals surface area contributed by atoms with Gasteiger partial charge in [0.2, 0.25) is 0 Å². The van der Waals surface area contributed by atoms with Crippen molar-refractivity contribution in [1.82, 2.24) is 5.32 Å². The van der Waals surface area contributed by atoms with Crippen molar-refractivity contribution in [3.05, 3.63) is 0 Å². The van der Waals surface area contributed by atoms with E-state index in [1.807, 2.05) is 0 Å². The average Bonchev–Trinajstić information content (AvgIpc) is 2.65. The van der Waals surface area contributed by atoms with Crippen LogP contribution in [0.3, 0.4) is 0 Å². The molecule has 11 heavy (non-hydrogen) atoms. The lowest BCUT2D eigenvalue weighted by molar-refractivity contribution is 0.202. The maximum Gasteiger partial charge on any atom is 0.469 e. The quantitative estimate of drug-likeness (QED) is 0.318. The number of phosphoric acid groups is 1. The first-order chi connectivity index (χ1) is 5.06. The number of hydrogen-bond donors (Lipinski definition) is 4. The summed E-state index contributed by atoms with van der Waals surface area (Å²) in [6.45, 7) is 2.51. The number of nitrogens with two attached hydrogens (primary N) is 1. The fourth-order valence-corrected chi connectivity index (χ4v) is 0.515. The summed E-state index contributed by atoms with van der Waals surface area (Å²) >= 11 is 0. The Labute approximate surface area is 65.0 Å². The van der Waals surface area contributed by atoms with Crippen LogP contribution in [-0.4, -0.2) is 36.0 Å². The van der Waals surface area contributed by atoms with Gasteiger partial charge in [0, 0.05) is 19.6 Å². The summed E-state index contributed by atoms with van der Waals surface area (Å²) in [7, 11) is -4.26. The number of nitrogens with one attached hydrogen (secondary N) is 1. The smallest absolute Gasteiger partial charge is 0.328 e. The van der Waals surface area contributed by atoms with Gasteiger partial charge in [-0.25, -0.2) is 4.57 Å². The summed E-state index contributed by atoms with van der Waals surface area (Å²) in [5.74, 6) is 0. The lowest BCUT2D eigenvalue weighted by Crippen LogP contribution is -2.06. The van der Waals surface area contributed by atoms with Gasteiger partial charge in [0.15, 0.2) is 0 Å². The fourth-order valence-electron chi connectivity index (χ4n) is 0.172. The largest absolute Gasteiger partial charge is 0.469 e. The number of rotatable bonds is 3. The molecule has 0 atom stereocenters. The van der Waals surface area contributed by atoms with Crippen LogP contribution < -0.4 is 11.1 Å². The molecule has 68 valence electrons. The van der Waals surface area contributed by atoms with Crippen LogP contribution in [0.4, 0.5) is 0 Å². The minimum absolute atomic E-state index is 0.107. The van der Waals surface area contributed by atoms with Crippen molar-refractivity contribution >= 4 is 7.82 Å². The van der Waals surface area contributed by atoms with E-state index in [-0.39, 0.29) is 13.2 Å². The molecule has 1 aliphatic rings. The van der Waals surface area contributed by atoms with Crippen LogP contribution in [0, 0.1) is 0 Å². The van der Waals surface area contributed by atoms with Crippen LogP contribution in [-0.2, 0) is 9.09 Å². The first-order valence-corrected chi connectivity index (χ1v) is 4.70. The van der Waals surface area contributed by atoms with Crippen LogP contribution >= 0.6 is 7.82 Å². The first-order valence-electron chi connectivity index (χ1n) is 3.17. The van der Waals surface area contributed by atoms with Gasteiger partial charge in [-0.3, -0.25) is 4.52 Å². The van der Waals surface area contributed by atoms with Gasteiger partial charge in [0.25, 0.3) is 0 Å². The van der Waals surface area contributed by atoms with E-state index in [4.69, 9.17) is 15.5 Å². The van der Waals surface area contributed by atoms with Gasteiger partial charge in [-0.15, -0.1) is 0 Å². The molecule has 0 bridgehead atoms. The van der Waals surface area contributed by atoms with Gasteiger partial charge in [-0.1, -0.05) is 0 Å². The van der Waals surface area contributed by atoms with E-state index in [2.05, 4.69) is 9.84 Å². The highest BCUT2D eigenvalue weighted by Gasteiger charge is 2.11. The van der Waals surface area contributed by atoms with E-state index in [0.717, 1.165) is 0 Å². The van der Waals surface area contributed by atoms with Crippen molar-refractivity contribution in [3.8, 4) is 0 Å². The molecular formula is C4H13N2O4P. The van der Waals surface area contributed by atoms with E-state index >= 15 is 0 Å². The maximum absolute atomic E-state index is 9.81. The highest BCUT2D eigenvalue weighted by molar-refractivity contribution is 7.46. The Hall–Kier alpha value is 0.0300. The highest BCUT2D eigenvalue weighted by atomic mass is 31.2. The minimum atomic E-state index is -4.26. The molecule has 5 N–H and O–H groups in total. The fraction of sp³-hybridized carbons (Fsp3) is 1.00. The van der Waals surface area contributed by atoms with Gasteiger partial charge >= 0.3 is 7.82 Å². The van der Waals surface area contributed by atoms with Gasteiger partial charge in [-0.05, 0) is 0 Å². The molecule has 0 radical (unpaired) electrons. The van der Waals surface area contributed by atoms with E-state index < -0.39 is 7.82 Å². The molecule has 1 saturated heterocycles. The number of hydrogen-bond acceptors (Lipinski definition) is 4. The van der Waals surface area contributed by atoms with Crippen LogP contribution in [0.5, 0.6) is 0 Å². The average molecular weight is 184 g/mol. The topological polar surface area (TPSA) is 115 Å². The third-order valence-electron chi connectivity index (χ3n) is 0.627. The monoisotopic (exact) mass is 184 g/mol. The molecule has 0 saturated carbocycles. The third-order valence-corrected chi connectivity index (χ3v) is 1.15. The number of phosphoric ester groups is 1. The van der Waals surface area contributed by atoms with Gasteiger partial charge in [0.1, 0.15) is 0 Å². The summed E-state index contributed by atoms with van der Waals surface area (Å²) in [6.07, 6.45) is 0. The minimum Gasteiger partial charge on any atom is -0.328 e. The highest BCUT2D eigenvalue weighted by Crippen LogP contribution is 2.34. The molecule has 7 heteroatoms. The molecule has 0 aromatic heterocycles. The molecule has 0 spiro atoms. The summed E-state index contributed by atoms with van der Waals surface area (Å²) in [6, 6.07) is 0. The Morgan fingerprint density at radius 1 is 1.55 bits per heavy atom. The van der Waals surface area contributed by atoms with Crippen molar-refractivity contribution in [2.24, 2.45) is 5.73 Å². The van der Waals surface area contributed by atoms with E-state index in [0.29, 0.717) is 0 Å². The Balaban J connectivity index is 0.000000271. The summed E-state index contributed by atoms with van der Waals surface area (Å²) in [5.41, 5.74) is 4.87. The molecular weight excluding hydrogens is 171 g/mol. The Bertz CT molecular complexity index is 131. The third kappa shape index (κ3) is 17.8. The molecule has 0 aliphatic carbocycles. The van der Waals surface area contributed by atoms with Gasteiger partial charge < -0.3 is 20.8 Å². The molecule has 1 rings (SSSR count). The Morgan fingerprint density at radius 3 is 2.09 bits per heavy atom. The van der Waals surface area contributed by atoms with E-state index in [1.165, 1.54) is 13.1 Å². The molecule has 1 aliphatic heterocycles. The van der Waals surface area contributed by atoms with Gasteiger partial charge in [0.05, 0.1) is 6.61 Å². The molecule has 0 unspecified atom stereocenters. The SMILES string of the molecule is C1CN1.NCCOP(=O)(O)O. The summed E-state index contributed by atoms with van der Waals surface area (Å²) in [5, 5.41) is 3.00. The lowest BCUT2D eigenvalue weighted by Gasteiger charge is -2.00. The zero-order valence-electron chi connectivity index (χ0n) is 6.06. The molecule has 1 heterocycles. The van der Waals surface area contributed by atoms with Crippen molar-refractivity contribution in [2.45, 2.75) is 0 Å². The second-order valence-electron chi connectivity index (χ2n) is 1.86. The first kappa shape index (κ1) is 11.0. The molecule has 0 aromatic rings. The van der Waals surface area contributed by atoms with E-state index in [9.17, 15) is 4.57 Å². The zero-order chi connectivity index (χ0) is 8.74. The summed E-state index contributed by atoms with van der Waals surface area (Å²) < 4.78 is 13.7. The Kier molecular flexibility index (Phi) is 5.67. The van der Waals surface area contributed by atoms with Crippen molar-refractivity contribution in [1.29, 1.82) is 0 Å². The van der Waals surface area contributed by atoms with Crippen LogP contribution in [0.2, 0.25) is 0 Å².